The lowest BCUT2D eigenvalue weighted by atomic mass is 10.1. The van der Waals surface area contributed by atoms with Crippen LogP contribution in [0.1, 0.15) is 18.5 Å². The number of hydrogen-bond acceptors (Lipinski definition) is 4. The number of piperidine rings is 1. The molecule has 0 bridgehead atoms. The van der Waals surface area contributed by atoms with Crippen LogP contribution < -0.4 is 10.6 Å². The molecule has 1 aliphatic heterocycles. The third-order valence-corrected chi connectivity index (χ3v) is 2.85. The third-order valence-electron chi connectivity index (χ3n) is 2.68. The molecule has 1 aromatic heterocycles. The summed E-state index contributed by atoms with van der Waals surface area (Å²) < 4.78 is 0. The minimum Gasteiger partial charge on any atom is -0.356 e. The lowest BCUT2D eigenvalue weighted by molar-refractivity contribution is 0.498. The van der Waals surface area contributed by atoms with Gasteiger partial charge >= 0.3 is 0 Å². The van der Waals surface area contributed by atoms with Crippen molar-refractivity contribution in [3.8, 4) is 0 Å². The molecule has 0 aliphatic carbocycles. The molecular formula is C10H16Cl2N4. The highest BCUT2D eigenvalue weighted by Gasteiger charge is 2.17. The second-order valence-corrected chi connectivity index (χ2v) is 4.30. The van der Waals surface area contributed by atoms with E-state index in [-0.39, 0.29) is 12.4 Å². The molecule has 90 valence electrons. The van der Waals surface area contributed by atoms with Crippen molar-refractivity contribution >= 4 is 29.8 Å². The fourth-order valence-corrected chi connectivity index (χ4v) is 2.03. The summed E-state index contributed by atoms with van der Waals surface area (Å²) in [6.07, 6.45) is 2.03. The van der Waals surface area contributed by atoms with Crippen LogP contribution in [0.2, 0.25) is 5.28 Å². The quantitative estimate of drug-likeness (QED) is 0.785. The second kappa shape index (κ2) is 5.66. The van der Waals surface area contributed by atoms with E-state index in [4.69, 9.17) is 17.3 Å². The molecule has 1 aliphatic rings. The van der Waals surface area contributed by atoms with Gasteiger partial charge in [-0.15, -0.1) is 12.4 Å². The highest BCUT2D eigenvalue weighted by molar-refractivity contribution is 6.28. The minimum atomic E-state index is 0. The van der Waals surface area contributed by atoms with Gasteiger partial charge in [0.05, 0.1) is 0 Å². The van der Waals surface area contributed by atoms with Gasteiger partial charge in [-0.05, 0) is 31.4 Å². The predicted molar refractivity (Wildman–Crippen MR) is 68.4 cm³/mol. The summed E-state index contributed by atoms with van der Waals surface area (Å²) in [6.45, 7) is 3.83. The van der Waals surface area contributed by atoms with Crippen LogP contribution in [-0.2, 0) is 0 Å². The number of rotatable bonds is 1. The van der Waals surface area contributed by atoms with Gasteiger partial charge in [0.1, 0.15) is 5.82 Å². The van der Waals surface area contributed by atoms with Gasteiger partial charge in [0.2, 0.25) is 5.28 Å². The molecule has 1 aromatic rings. The monoisotopic (exact) mass is 262 g/mol. The highest BCUT2D eigenvalue weighted by atomic mass is 35.5. The van der Waals surface area contributed by atoms with Crippen LogP contribution in [0.25, 0.3) is 0 Å². The van der Waals surface area contributed by atoms with Crippen LogP contribution >= 0.6 is 24.0 Å². The maximum Gasteiger partial charge on any atom is 0.224 e. The first-order chi connectivity index (χ1) is 7.15. The molecule has 0 aromatic carbocycles. The number of aromatic nitrogens is 2. The third kappa shape index (κ3) is 3.20. The molecule has 16 heavy (non-hydrogen) atoms. The Morgan fingerprint density at radius 2 is 2.00 bits per heavy atom. The fraction of sp³-hybridized carbons (Fsp3) is 0.600. The average molecular weight is 263 g/mol. The zero-order valence-electron chi connectivity index (χ0n) is 9.19. The maximum atomic E-state index is 5.85. The number of nitrogens with two attached hydrogens (primary N) is 1. The van der Waals surface area contributed by atoms with Crippen molar-refractivity contribution in [3.63, 3.8) is 0 Å². The molecule has 6 heteroatoms. The first-order valence-electron chi connectivity index (χ1n) is 5.17. The largest absolute Gasteiger partial charge is 0.356 e. The summed E-state index contributed by atoms with van der Waals surface area (Å²) in [7, 11) is 0. The Balaban J connectivity index is 0.00000128. The highest BCUT2D eigenvalue weighted by Crippen LogP contribution is 2.19. The molecule has 2 N–H and O–H groups in total. The molecule has 1 saturated heterocycles. The molecule has 2 rings (SSSR count). The van der Waals surface area contributed by atoms with Gasteiger partial charge in [-0.2, -0.15) is 0 Å². The van der Waals surface area contributed by atoms with Crippen molar-refractivity contribution in [1.29, 1.82) is 0 Å². The van der Waals surface area contributed by atoms with Gasteiger partial charge in [-0.25, -0.2) is 9.97 Å². The molecule has 0 unspecified atom stereocenters. The fourth-order valence-electron chi connectivity index (χ4n) is 1.81. The Morgan fingerprint density at radius 3 is 2.56 bits per heavy atom. The Kier molecular flexibility index (Phi) is 4.77. The number of aryl methyl sites for hydroxylation is 1. The van der Waals surface area contributed by atoms with Gasteiger partial charge in [-0.1, -0.05) is 0 Å². The van der Waals surface area contributed by atoms with Crippen LogP contribution in [-0.4, -0.2) is 29.1 Å². The number of anilines is 1. The number of hydrogen-bond donors (Lipinski definition) is 1. The van der Waals surface area contributed by atoms with Crippen molar-refractivity contribution in [2.24, 2.45) is 5.73 Å². The lowest BCUT2D eigenvalue weighted by Crippen LogP contribution is -2.40. The predicted octanol–water partition coefficient (Wildman–Crippen LogP) is 1.79. The smallest absolute Gasteiger partial charge is 0.224 e. The van der Waals surface area contributed by atoms with Crippen LogP contribution in [0.4, 0.5) is 5.82 Å². The molecule has 0 spiro atoms. The van der Waals surface area contributed by atoms with Crippen molar-refractivity contribution < 1.29 is 0 Å². The van der Waals surface area contributed by atoms with Crippen LogP contribution in [0.3, 0.4) is 0 Å². The van der Waals surface area contributed by atoms with Crippen molar-refractivity contribution in [2.75, 3.05) is 18.0 Å². The van der Waals surface area contributed by atoms with E-state index in [1.54, 1.807) is 0 Å². The molecule has 0 atom stereocenters. The standard InChI is InChI=1S/C10H15ClN4.ClH/c1-7-6-9(14-10(11)13-7)15-4-2-8(12)3-5-15;/h6,8H,2-5,12H2,1H3;1H. The molecule has 4 nitrogen and oxygen atoms in total. The first-order valence-corrected chi connectivity index (χ1v) is 5.54. The normalized spacial score (nSPS) is 17.1. The van der Waals surface area contributed by atoms with E-state index in [1.165, 1.54) is 0 Å². The molecule has 1 fully saturated rings. The Hall–Kier alpha value is -0.580. The van der Waals surface area contributed by atoms with E-state index in [0.29, 0.717) is 11.3 Å². The van der Waals surface area contributed by atoms with Crippen LogP contribution in [0.15, 0.2) is 6.07 Å². The molecule has 0 radical (unpaired) electrons. The van der Waals surface area contributed by atoms with E-state index >= 15 is 0 Å². The van der Waals surface area contributed by atoms with Gasteiger partial charge < -0.3 is 10.6 Å². The molecule has 0 saturated carbocycles. The lowest BCUT2D eigenvalue weighted by Gasteiger charge is -2.31. The molecule has 2 heterocycles. The van der Waals surface area contributed by atoms with Gasteiger partial charge in [0, 0.05) is 30.9 Å². The van der Waals surface area contributed by atoms with E-state index < -0.39 is 0 Å². The van der Waals surface area contributed by atoms with Gasteiger partial charge in [0.25, 0.3) is 0 Å². The average Bonchev–Trinajstić information content (AvgIpc) is 2.17. The number of halogens is 2. The molecular weight excluding hydrogens is 247 g/mol. The first kappa shape index (κ1) is 13.5. The zero-order chi connectivity index (χ0) is 10.8. The summed E-state index contributed by atoms with van der Waals surface area (Å²) in [5.41, 5.74) is 6.75. The van der Waals surface area contributed by atoms with Crippen LogP contribution in [0, 0.1) is 6.92 Å². The van der Waals surface area contributed by atoms with E-state index in [1.807, 2.05) is 13.0 Å². The van der Waals surface area contributed by atoms with Crippen LogP contribution in [0.5, 0.6) is 0 Å². The Bertz CT molecular complexity index is 330. The summed E-state index contributed by atoms with van der Waals surface area (Å²) in [5, 5.41) is 0.319. The van der Waals surface area contributed by atoms with Crippen molar-refractivity contribution in [3.05, 3.63) is 17.0 Å². The second-order valence-electron chi connectivity index (χ2n) is 3.96. The van der Waals surface area contributed by atoms with Gasteiger partial charge in [-0.3, -0.25) is 0 Å². The van der Waals surface area contributed by atoms with Gasteiger partial charge in [0.15, 0.2) is 0 Å². The number of nitrogens with zero attached hydrogens (tertiary/aromatic N) is 3. The maximum absolute atomic E-state index is 5.85. The summed E-state index contributed by atoms with van der Waals surface area (Å²) in [5.74, 6) is 0.916. The topological polar surface area (TPSA) is 55.0 Å². The Morgan fingerprint density at radius 1 is 1.38 bits per heavy atom. The minimum absolute atomic E-state index is 0. The summed E-state index contributed by atoms with van der Waals surface area (Å²) in [6, 6.07) is 2.29. The van der Waals surface area contributed by atoms with Crippen molar-refractivity contribution in [2.45, 2.75) is 25.8 Å². The molecule has 0 amide bonds. The SMILES string of the molecule is Cc1cc(N2CCC(N)CC2)nc(Cl)n1.Cl. The van der Waals surface area contributed by atoms with E-state index in [9.17, 15) is 0 Å². The summed E-state index contributed by atoms with van der Waals surface area (Å²) >= 11 is 5.82. The van der Waals surface area contributed by atoms with Crippen molar-refractivity contribution in [1.82, 2.24) is 9.97 Å². The van der Waals surface area contributed by atoms with E-state index in [0.717, 1.165) is 37.4 Å². The summed E-state index contributed by atoms with van der Waals surface area (Å²) in [4.78, 5) is 10.5. The Labute approximate surface area is 107 Å². The van der Waals surface area contributed by atoms with E-state index in [2.05, 4.69) is 14.9 Å². The zero-order valence-corrected chi connectivity index (χ0v) is 10.8.